The highest BCUT2D eigenvalue weighted by Gasteiger charge is 2.30. The summed E-state index contributed by atoms with van der Waals surface area (Å²) in [5.74, 6) is -0.883. The number of carbonyl (C=O) groups excluding carboxylic acids is 1. The molecule has 0 unspecified atom stereocenters. The fourth-order valence-corrected chi connectivity index (χ4v) is 4.59. The van der Waals surface area contributed by atoms with E-state index in [0.717, 1.165) is 23.8 Å². The summed E-state index contributed by atoms with van der Waals surface area (Å²) in [7, 11) is -3.94. The van der Waals surface area contributed by atoms with Gasteiger partial charge in [0.15, 0.2) is 6.61 Å². The Morgan fingerprint density at radius 3 is 2.47 bits per heavy atom. The number of sulfonamides is 1. The molecule has 0 aliphatic carbocycles. The van der Waals surface area contributed by atoms with E-state index in [9.17, 15) is 26.4 Å². The number of amides is 1. The number of aryl methyl sites for hydroxylation is 2. The summed E-state index contributed by atoms with van der Waals surface area (Å²) in [5, 5.41) is 2.51. The van der Waals surface area contributed by atoms with Gasteiger partial charge < -0.3 is 14.8 Å². The Morgan fingerprint density at radius 1 is 1.12 bits per heavy atom. The second-order valence-corrected chi connectivity index (χ2v) is 9.29. The number of morpholine rings is 1. The summed E-state index contributed by atoms with van der Waals surface area (Å²) in [6, 6.07) is 8.57. The van der Waals surface area contributed by atoms with Gasteiger partial charge in [-0.1, -0.05) is 17.7 Å². The fraction of sp³-hybridized carbons (Fsp3) is 0.381. The quantitative estimate of drug-likeness (QED) is 0.696. The van der Waals surface area contributed by atoms with Crippen LogP contribution in [0.4, 0.5) is 18.9 Å². The van der Waals surface area contributed by atoms with Crippen molar-refractivity contribution < 1.29 is 35.9 Å². The van der Waals surface area contributed by atoms with Gasteiger partial charge >= 0.3 is 6.18 Å². The lowest BCUT2D eigenvalue weighted by molar-refractivity contribution is -0.153. The summed E-state index contributed by atoms with van der Waals surface area (Å²) in [4.78, 5) is 12.7. The standard InChI is InChI=1S/C21H23F3N2O5S/c1-14-3-4-15(2)17(11-14)20(27)25-18-12-16(5-6-19(18)31-13-21(22,23)24)32(28,29)26-7-9-30-10-8-26/h3-6,11-12H,7-10,13H2,1-2H3,(H,25,27). The molecule has 3 rings (SSSR count). The van der Waals surface area contributed by atoms with Gasteiger partial charge in [0, 0.05) is 18.7 Å². The van der Waals surface area contributed by atoms with Crippen molar-refractivity contribution in [3.05, 3.63) is 53.1 Å². The molecule has 1 N–H and O–H groups in total. The number of halogens is 3. The third-order valence-corrected chi connectivity index (χ3v) is 6.73. The van der Waals surface area contributed by atoms with Crippen molar-refractivity contribution in [2.75, 3.05) is 38.2 Å². The maximum atomic E-state index is 13.0. The van der Waals surface area contributed by atoms with Gasteiger partial charge in [0.05, 0.1) is 23.8 Å². The fourth-order valence-electron chi connectivity index (χ4n) is 3.16. The summed E-state index contributed by atoms with van der Waals surface area (Å²) in [6.45, 7) is 2.70. The molecular formula is C21H23F3N2O5S. The van der Waals surface area contributed by atoms with E-state index in [1.54, 1.807) is 26.0 Å². The maximum absolute atomic E-state index is 13.0. The van der Waals surface area contributed by atoms with Crippen LogP contribution in [0.25, 0.3) is 0 Å². The minimum atomic E-state index is -4.60. The Labute approximate surface area is 184 Å². The molecule has 1 fully saturated rings. The van der Waals surface area contributed by atoms with Crippen molar-refractivity contribution in [2.24, 2.45) is 0 Å². The number of nitrogens with zero attached hydrogens (tertiary/aromatic N) is 1. The molecule has 32 heavy (non-hydrogen) atoms. The first-order valence-electron chi connectivity index (χ1n) is 9.77. The van der Waals surface area contributed by atoms with E-state index in [-0.39, 0.29) is 42.6 Å². The van der Waals surface area contributed by atoms with Crippen LogP contribution in [0.2, 0.25) is 0 Å². The van der Waals surface area contributed by atoms with Gasteiger partial charge in [-0.25, -0.2) is 8.42 Å². The van der Waals surface area contributed by atoms with Crippen molar-refractivity contribution in [3.63, 3.8) is 0 Å². The molecule has 1 aliphatic heterocycles. The highest BCUT2D eigenvalue weighted by atomic mass is 32.2. The van der Waals surface area contributed by atoms with Crippen LogP contribution in [-0.4, -0.2) is 57.7 Å². The molecule has 1 amide bonds. The van der Waals surface area contributed by atoms with E-state index in [2.05, 4.69) is 5.32 Å². The zero-order valence-electron chi connectivity index (χ0n) is 17.5. The topological polar surface area (TPSA) is 84.9 Å². The molecular weight excluding hydrogens is 449 g/mol. The van der Waals surface area contributed by atoms with Gasteiger partial charge in [-0.2, -0.15) is 17.5 Å². The molecule has 1 saturated heterocycles. The Morgan fingerprint density at radius 2 is 1.81 bits per heavy atom. The van der Waals surface area contributed by atoms with Gasteiger partial charge in [-0.3, -0.25) is 4.79 Å². The predicted molar refractivity (Wildman–Crippen MR) is 111 cm³/mol. The normalized spacial score (nSPS) is 15.4. The average Bonchev–Trinajstić information content (AvgIpc) is 2.74. The monoisotopic (exact) mass is 472 g/mol. The Balaban J connectivity index is 1.97. The van der Waals surface area contributed by atoms with Crippen LogP contribution in [0.15, 0.2) is 41.3 Å². The lowest BCUT2D eigenvalue weighted by Crippen LogP contribution is -2.40. The lowest BCUT2D eigenvalue weighted by Gasteiger charge is -2.26. The van der Waals surface area contributed by atoms with Crippen LogP contribution >= 0.6 is 0 Å². The van der Waals surface area contributed by atoms with Gasteiger partial charge in [0.1, 0.15) is 5.75 Å². The van der Waals surface area contributed by atoms with Crippen molar-refractivity contribution >= 4 is 21.6 Å². The molecule has 0 saturated carbocycles. The van der Waals surface area contributed by atoms with E-state index in [1.165, 1.54) is 4.31 Å². The highest BCUT2D eigenvalue weighted by Crippen LogP contribution is 2.31. The van der Waals surface area contributed by atoms with E-state index in [1.807, 2.05) is 6.07 Å². The van der Waals surface area contributed by atoms with Gasteiger partial charge in [-0.15, -0.1) is 0 Å². The third-order valence-electron chi connectivity index (χ3n) is 4.84. The molecule has 174 valence electrons. The minimum absolute atomic E-state index is 0.152. The minimum Gasteiger partial charge on any atom is -0.482 e. The molecule has 0 bridgehead atoms. The predicted octanol–water partition coefficient (Wildman–Crippen LogP) is 3.52. The molecule has 7 nitrogen and oxygen atoms in total. The van der Waals surface area contributed by atoms with Crippen LogP contribution in [-0.2, 0) is 14.8 Å². The number of rotatable bonds is 6. The molecule has 0 aromatic heterocycles. The van der Waals surface area contributed by atoms with Crippen LogP contribution in [0.3, 0.4) is 0 Å². The second-order valence-electron chi connectivity index (χ2n) is 7.35. The van der Waals surface area contributed by atoms with Crippen molar-refractivity contribution in [1.29, 1.82) is 0 Å². The largest absolute Gasteiger partial charge is 0.482 e. The lowest BCUT2D eigenvalue weighted by atomic mass is 10.0. The number of benzene rings is 2. The number of hydrogen-bond donors (Lipinski definition) is 1. The third kappa shape index (κ3) is 5.78. The summed E-state index contributed by atoms with van der Waals surface area (Å²) in [6.07, 6.45) is -4.60. The highest BCUT2D eigenvalue weighted by molar-refractivity contribution is 7.89. The molecule has 11 heteroatoms. The summed E-state index contributed by atoms with van der Waals surface area (Å²) >= 11 is 0. The van der Waals surface area contributed by atoms with Crippen LogP contribution in [0.1, 0.15) is 21.5 Å². The zero-order chi connectivity index (χ0) is 23.5. The first-order valence-corrected chi connectivity index (χ1v) is 11.2. The van der Waals surface area contributed by atoms with Crippen LogP contribution < -0.4 is 10.1 Å². The van der Waals surface area contributed by atoms with Gasteiger partial charge in [0.25, 0.3) is 5.91 Å². The Bertz CT molecular complexity index is 1100. The molecule has 2 aromatic rings. The summed E-state index contributed by atoms with van der Waals surface area (Å²) in [5.41, 5.74) is 1.61. The van der Waals surface area contributed by atoms with Gasteiger partial charge in [-0.05, 0) is 43.7 Å². The van der Waals surface area contributed by atoms with E-state index in [0.29, 0.717) is 11.1 Å². The number of ether oxygens (including phenoxy) is 2. The Hall–Kier alpha value is -2.63. The second kappa shape index (κ2) is 9.47. The first kappa shape index (κ1) is 24.0. The Kier molecular flexibility index (Phi) is 7.11. The smallest absolute Gasteiger partial charge is 0.422 e. The number of alkyl halides is 3. The average molecular weight is 472 g/mol. The van der Waals surface area contributed by atoms with Crippen molar-refractivity contribution in [2.45, 2.75) is 24.9 Å². The zero-order valence-corrected chi connectivity index (χ0v) is 18.3. The molecule has 1 heterocycles. The SMILES string of the molecule is Cc1ccc(C)c(C(=O)Nc2cc(S(=O)(=O)N3CCOCC3)ccc2OCC(F)(F)F)c1. The van der Waals surface area contributed by atoms with Gasteiger partial charge in [0.2, 0.25) is 10.0 Å². The van der Waals surface area contributed by atoms with Crippen LogP contribution in [0, 0.1) is 13.8 Å². The number of carbonyl (C=O) groups is 1. The van der Waals surface area contributed by atoms with Crippen molar-refractivity contribution in [3.8, 4) is 5.75 Å². The number of nitrogens with one attached hydrogen (secondary N) is 1. The van der Waals surface area contributed by atoms with E-state index in [4.69, 9.17) is 9.47 Å². The van der Waals surface area contributed by atoms with Crippen LogP contribution in [0.5, 0.6) is 5.75 Å². The van der Waals surface area contributed by atoms with E-state index >= 15 is 0 Å². The maximum Gasteiger partial charge on any atom is 0.422 e. The molecule has 0 spiro atoms. The first-order chi connectivity index (χ1) is 15.0. The molecule has 2 aromatic carbocycles. The molecule has 1 aliphatic rings. The van der Waals surface area contributed by atoms with Crippen molar-refractivity contribution in [1.82, 2.24) is 4.31 Å². The summed E-state index contributed by atoms with van der Waals surface area (Å²) < 4.78 is 75.2. The molecule has 0 atom stereocenters. The molecule has 0 radical (unpaired) electrons. The van der Waals surface area contributed by atoms with E-state index < -0.39 is 28.7 Å². The number of hydrogen-bond acceptors (Lipinski definition) is 5. The number of anilines is 1.